The number of nitrogens with zero attached hydrogens (tertiary/aromatic N) is 2. The van der Waals surface area contributed by atoms with E-state index in [9.17, 15) is 20.3 Å². The van der Waals surface area contributed by atoms with Crippen molar-refractivity contribution in [1.29, 1.82) is 0 Å². The van der Waals surface area contributed by atoms with Gasteiger partial charge >= 0.3 is 0 Å². The van der Waals surface area contributed by atoms with Crippen LogP contribution < -0.4 is 5.32 Å². The standard InChI is InChI=1S/C12H17N3O4/c16-8-12(14-5-3-13-4-6-14)10-7-9(17)1-2-11(10)15(18)19/h1-2,7,12-13,16-17H,3-6,8H2/t12-/m0/s1. The molecule has 0 bridgehead atoms. The Hall–Kier alpha value is -1.70. The Labute approximate surface area is 110 Å². The van der Waals surface area contributed by atoms with Crippen molar-refractivity contribution in [3.63, 3.8) is 0 Å². The second-order valence-electron chi connectivity index (χ2n) is 4.48. The Morgan fingerprint density at radius 2 is 2.11 bits per heavy atom. The fourth-order valence-electron chi connectivity index (χ4n) is 2.38. The van der Waals surface area contributed by atoms with Gasteiger partial charge in [-0.15, -0.1) is 0 Å². The van der Waals surface area contributed by atoms with Gasteiger partial charge in [-0.05, 0) is 12.1 Å². The van der Waals surface area contributed by atoms with Gasteiger partial charge in [0, 0.05) is 32.2 Å². The van der Waals surface area contributed by atoms with Crippen LogP contribution in [-0.2, 0) is 0 Å². The predicted molar refractivity (Wildman–Crippen MR) is 69.0 cm³/mol. The van der Waals surface area contributed by atoms with Gasteiger partial charge in [-0.25, -0.2) is 0 Å². The molecule has 1 atom stereocenters. The zero-order chi connectivity index (χ0) is 13.8. The number of piperazine rings is 1. The predicted octanol–water partition coefficient (Wildman–Crippen LogP) is 0.239. The van der Waals surface area contributed by atoms with Gasteiger partial charge in [-0.1, -0.05) is 0 Å². The van der Waals surface area contributed by atoms with Crippen LogP contribution in [0, 0.1) is 10.1 Å². The summed E-state index contributed by atoms with van der Waals surface area (Å²) >= 11 is 0. The number of aliphatic hydroxyl groups excluding tert-OH is 1. The van der Waals surface area contributed by atoms with Crippen LogP contribution in [0.4, 0.5) is 5.69 Å². The molecule has 1 fully saturated rings. The zero-order valence-corrected chi connectivity index (χ0v) is 10.5. The Bertz CT molecular complexity index is 460. The molecule has 0 amide bonds. The lowest BCUT2D eigenvalue weighted by atomic mass is 10.0. The number of benzene rings is 1. The van der Waals surface area contributed by atoms with Crippen molar-refractivity contribution in [1.82, 2.24) is 10.2 Å². The second kappa shape index (κ2) is 5.96. The van der Waals surface area contributed by atoms with Gasteiger partial charge in [0.25, 0.3) is 5.69 Å². The monoisotopic (exact) mass is 267 g/mol. The Morgan fingerprint density at radius 3 is 2.68 bits per heavy atom. The molecule has 0 unspecified atom stereocenters. The number of aromatic hydroxyl groups is 1. The molecule has 19 heavy (non-hydrogen) atoms. The highest BCUT2D eigenvalue weighted by Crippen LogP contribution is 2.32. The lowest BCUT2D eigenvalue weighted by molar-refractivity contribution is -0.386. The van der Waals surface area contributed by atoms with Crippen molar-refractivity contribution in [2.75, 3.05) is 32.8 Å². The first-order valence-electron chi connectivity index (χ1n) is 6.16. The molecule has 0 spiro atoms. The number of nitro benzene ring substituents is 1. The van der Waals surface area contributed by atoms with Crippen molar-refractivity contribution in [2.24, 2.45) is 0 Å². The number of aliphatic hydroxyl groups is 1. The van der Waals surface area contributed by atoms with Crippen molar-refractivity contribution in [3.8, 4) is 5.75 Å². The first-order chi connectivity index (χ1) is 9.13. The number of hydrogen-bond acceptors (Lipinski definition) is 6. The van der Waals surface area contributed by atoms with Gasteiger partial charge in [-0.3, -0.25) is 15.0 Å². The van der Waals surface area contributed by atoms with E-state index in [4.69, 9.17) is 0 Å². The van der Waals surface area contributed by atoms with Crippen molar-refractivity contribution < 1.29 is 15.1 Å². The molecule has 1 saturated heterocycles. The van der Waals surface area contributed by atoms with E-state index in [0.29, 0.717) is 18.7 Å². The van der Waals surface area contributed by atoms with Gasteiger partial charge in [0.1, 0.15) is 5.75 Å². The summed E-state index contributed by atoms with van der Waals surface area (Å²) in [6.07, 6.45) is 0. The highest BCUT2D eigenvalue weighted by atomic mass is 16.6. The van der Waals surface area contributed by atoms with Gasteiger partial charge < -0.3 is 15.5 Å². The molecule has 1 aromatic carbocycles. The summed E-state index contributed by atoms with van der Waals surface area (Å²) in [5, 5.41) is 33.3. The van der Waals surface area contributed by atoms with E-state index in [1.807, 2.05) is 4.90 Å². The van der Waals surface area contributed by atoms with E-state index in [0.717, 1.165) is 13.1 Å². The Morgan fingerprint density at radius 1 is 1.42 bits per heavy atom. The number of rotatable bonds is 4. The molecule has 0 aliphatic carbocycles. The lowest BCUT2D eigenvalue weighted by Gasteiger charge is -2.33. The fraction of sp³-hybridized carbons (Fsp3) is 0.500. The number of nitrogens with one attached hydrogen (secondary N) is 1. The molecule has 0 radical (unpaired) electrons. The highest BCUT2D eigenvalue weighted by molar-refractivity contribution is 5.46. The number of nitro groups is 1. The summed E-state index contributed by atoms with van der Waals surface area (Å²) in [4.78, 5) is 12.5. The van der Waals surface area contributed by atoms with Crippen LogP contribution in [0.25, 0.3) is 0 Å². The van der Waals surface area contributed by atoms with Crippen LogP contribution >= 0.6 is 0 Å². The van der Waals surface area contributed by atoms with Crippen LogP contribution in [0.3, 0.4) is 0 Å². The summed E-state index contributed by atoms with van der Waals surface area (Å²) < 4.78 is 0. The first kappa shape index (κ1) is 13.7. The molecule has 7 heteroatoms. The second-order valence-corrected chi connectivity index (χ2v) is 4.48. The molecule has 2 rings (SSSR count). The SMILES string of the molecule is O=[N+]([O-])c1ccc(O)cc1[C@H](CO)N1CCNCC1. The largest absolute Gasteiger partial charge is 0.508 e. The summed E-state index contributed by atoms with van der Waals surface area (Å²) in [5.74, 6) is -0.0332. The Kier molecular flexibility index (Phi) is 4.31. The van der Waals surface area contributed by atoms with Crippen molar-refractivity contribution in [3.05, 3.63) is 33.9 Å². The summed E-state index contributed by atoms with van der Waals surface area (Å²) in [6.45, 7) is 2.76. The molecular formula is C12H17N3O4. The van der Waals surface area contributed by atoms with Gasteiger partial charge in [-0.2, -0.15) is 0 Å². The van der Waals surface area contributed by atoms with E-state index in [2.05, 4.69) is 5.32 Å². The first-order valence-corrected chi connectivity index (χ1v) is 6.16. The lowest BCUT2D eigenvalue weighted by Crippen LogP contribution is -2.46. The summed E-state index contributed by atoms with van der Waals surface area (Å²) in [6, 6.07) is 3.46. The van der Waals surface area contributed by atoms with Crippen LogP contribution in [0.5, 0.6) is 5.75 Å². The average molecular weight is 267 g/mol. The fourth-order valence-corrected chi connectivity index (χ4v) is 2.38. The zero-order valence-electron chi connectivity index (χ0n) is 10.5. The molecule has 1 aliphatic rings. The maximum atomic E-state index is 11.0. The third-order valence-electron chi connectivity index (χ3n) is 3.33. The van der Waals surface area contributed by atoms with E-state index >= 15 is 0 Å². The summed E-state index contributed by atoms with van der Waals surface area (Å²) in [5.41, 5.74) is 0.282. The summed E-state index contributed by atoms with van der Waals surface area (Å²) in [7, 11) is 0. The van der Waals surface area contributed by atoms with Crippen LogP contribution in [0.15, 0.2) is 18.2 Å². The van der Waals surface area contributed by atoms with Gasteiger partial charge in [0.2, 0.25) is 0 Å². The van der Waals surface area contributed by atoms with E-state index in [1.54, 1.807) is 0 Å². The van der Waals surface area contributed by atoms with E-state index in [-0.39, 0.29) is 18.0 Å². The third-order valence-corrected chi connectivity index (χ3v) is 3.33. The topological polar surface area (TPSA) is 98.9 Å². The smallest absolute Gasteiger partial charge is 0.274 e. The Balaban J connectivity index is 2.35. The van der Waals surface area contributed by atoms with Crippen LogP contribution in [-0.4, -0.2) is 52.8 Å². The third kappa shape index (κ3) is 3.01. The molecule has 0 saturated carbocycles. The average Bonchev–Trinajstić information content (AvgIpc) is 2.40. The molecule has 1 heterocycles. The van der Waals surface area contributed by atoms with E-state index < -0.39 is 11.0 Å². The van der Waals surface area contributed by atoms with Crippen LogP contribution in [0.1, 0.15) is 11.6 Å². The molecule has 1 aliphatic heterocycles. The maximum Gasteiger partial charge on any atom is 0.274 e. The van der Waals surface area contributed by atoms with E-state index in [1.165, 1.54) is 18.2 Å². The molecule has 104 valence electrons. The molecule has 3 N–H and O–H groups in total. The maximum absolute atomic E-state index is 11.0. The molecule has 1 aromatic rings. The minimum Gasteiger partial charge on any atom is -0.508 e. The quantitative estimate of drug-likeness (QED) is 0.534. The van der Waals surface area contributed by atoms with Gasteiger partial charge in [0.05, 0.1) is 23.1 Å². The number of phenols is 1. The molecule has 0 aromatic heterocycles. The highest BCUT2D eigenvalue weighted by Gasteiger charge is 2.28. The number of phenolic OH excluding ortho intramolecular Hbond substituents is 1. The molecular weight excluding hydrogens is 250 g/mol. The minimum atomic E-state index is -0.486. The minimum absolute atomic E-state index is 0.0332. The van der Waals surface area contributed by atoms with Crippen LogP contribution in [0.2, 0.25) is 0 Å². The van der Waals surface area contributed by atoms with Crippen molar-refractivity contribution in [2.45, 2.75) is 6.04 Å². The van der Waals surface area contributed by atoms with Gasteiger partial charge in [0.15, 0.2) is 0 Å². The van der Waals surface area contributed by atoms with Crippen molar-refractivity contribution >= 4 is 5.69 Å². The number of hydrogen-bond donors (Lipinski definition) is 3. The molecule has 7 nitrogen and oxygen atoms in total. The normalized spacial score (nSPS) is 18.2.